The van der Waals surface area contributed by atoms with Gasteiger partial charge in [-0.05, 0) is 17.8 Å². The SMILES string of the molecule is COC(=O)/C=C1/S/C(=N\N=Cc2c([N+](=O)[O-])ccc(OC)c2OC)NC1=O. The summed E-state index contributed by atoms with van der Waals surface area (Å²) in [5, 5.41) is 21.3. The molecule has 1 aliphatic rings. The largest absolute Gasteiger partial charge is 0.493 e. The number of nitro groups is 1. The minimum atomic E-state index is -0.686. The Bertz CT molecular complexity index is 879. The highest BCUT2D eigenvalue weighted by molar-refractivity contribution is 8.18. The Labute approximate surface area is 157 Å². The maximum absolute atomic E-state index is 11.7. The number of esters is 1. The number of carbonyl (C=O) groups is 2. The van der Waals surface area contributed by atoms with E-state index in [1.807, 2.05) is 0 Å². The van der Waals surface area contributed by atoms with Crippen LogP contribution in [0.5, 0.6) is 11.5 Å². The summed E-state index contributed by atoms with van der Waals surface area (Å²) in [6, 6.07) is 2.65. The van der Waals surface area contributed by atoms with Crippen molar-refractivity contribution in [3.63, 3.8) is 0 Å². The number of rotatable bonds is 6. The Hall–Kier alpha value is -3.41. The number of hydrogen-bond donors (Lipinski definition) is 1. The van der Waals surface area contributed by atoms with E-state index in [0.29, 0.717) is 0 Å². The second-order valence-corrected chi connectivity index (χ2v) is 5.76. The highest BCUT2D eigenvalue weighted by Gasteiger charge is 2.25. The van der Waals surface area contributed by atoms with E-state index in [-0.39, 0.29) is 32.8 Å². The molecule has 0 aliphatic carbocycles. The smallest absolute Gasteiger partial charge is 0.331 e. The fourth-order valence-electron chi connectivity index (χ4n) is 2.00. The molecule has 27 heavy (non-hydrogen) atoms. The van der Waals surface area contributed by atoms with Crippen LogP contribution in [0.2, 0.25) is 0 Å². The van der Waals surface area contributed by atoms with Crippen molar-refractivity contribution in [2.24, 2.45) is 10.2 Å². The first-order chi connectivity index (χ1) is 12.9. The molecule has 1 aromatic carbocycles. The van der Waals surface area contributed by atoms with E-state index in [4.69, 9.17) is 9.47 Å². The van der Waals surface area contributed by atoms with Gasteiger partial charge in [-0.2, -0.15) is 5.10 Å². The molecule has 2 rings (SSSR count). The van der Waals surface area contributed by atoms with Crippen LogP contribution in [0.4, 0.5) is 5.69 Å². The second-order valence-electron chi connectivity index (χ2n) is 4.73. The van der Waals surface area contributed by atoms with Crippen molar-refractivity contribution in [3.8, 4) is 11.5 Å². The van der Waals surface area contributed by atoms with Crippen molar-refractivity contribution in [3.05, 3.63) is 38.8 Å². The fraction of sp³-hybridized carbons (Fsp3) is 0.200. The van der Waals surface area contributed by atoms with E-state index < -0.39 is 16.8 Å². The molecule has 1 amide bonds. The quantitative estimate of drug-likeness (QED) is 0.249. The predicted molar refractivity (Wildman–Crippen MR) is 97.1 cm³/mol. The zero-order chi connectivity index (χ0) is 20.0. The number of methoxy groups -OCH3 is 3. The summed E-state index contributed by atoms with van der Waals surface area (Å²) < 4.78 is 14.7. The lowest BCUT2D eigenvalue weighted by Crippen LogP contribution is -2.19. The lowest BCUT2D eigenvalue weighted by molar-refractivity contribution is -0.385. The lowest BCUT2D eigenvalue weighted by Gasteiger charge is -2.09. The van der Waals surface area contributed by atoms with Crippen molar-refractivity contribution in [1.29, 1.82) is 0 Å². The van der Waals surface area contributed by atoms with Crippen LogP contribution in [-0.2, 0) is 14.3 Å². The van der Waals surface area contributed by atoms with Gasteiger partial charge in [-0.1, -0.05) is 0 Å². The van der Waals surface area contributed by atoms with E-state index in [1.54, 1.807) is 0 Å². The van der Waals surface area contributed by atoms with Crippen LogP contribution in [0.1, 0.15) is 5.56 Å². The van der Waals surface area contributed by atoms with Crippen molar-refractivity contribution in [2.45, 2.75) is 0 Å². The Balaban J connectivity index is 2.32. The number of nitro benzene ring substituents is 1. The minimum Gasteiger partial charge on any atom is -0.493 e. The van der Waals surface area contributed by atoms with Crippen LogP contribution in [0, 0.1) is 10.1 Å². The van der Waals surface area contributed by atoms with Crippen LogP contribution in [0.25, 0.3) is 0 Å². The third-order valence-corrected chi connectivity index (χ3v) is 4.09. The highest BCUT2D eigenvalue weighted by atomic mass is 32.2. The molecular weight excluding hydrogens is 380 g/mol. The van der Waals surface area contributed by atoms with Gasteiger partial charge in [0.2, 0.25) is 0 Å². The van der Waals surface area contributed by atoms with Gasteiger partial charge in [-0.15, -0.1) is 5.10 Å². The van der Waals surface area contributed by atoms with Crippen LogP contribution < -0.4 is 14.8 Å². The summed E-state index contributed by atoms with van der Waals surface area (Å²) in [5.41, 5.74) is -0.211. The molecular formula is C15H14N4O7S. The molecule has 1 aliphatic heterocycles. The molecule has 1 fully saturated rings. The number of hydrogen-bond acceptors (Lipinski definition) is 10. The van der Waals surface area contributed by atoms with E-state index in [2.05, 4.69) is 20.3 Å². The van der Waals surface area contributed by atoms with Crippen molar-refractivity contribution in [1.82, 2.24) is 5.32 Å². The molecule has 0 bridgehead atoms. The average Bonchev–Trinajstić information content (AvgIpc) is 2.99. The maximum Gasteiger partial charge on any atom is 0.331 e. The van der Waals surface area contributed by atoms with Gasteiger partial charge in [0.1, 0.15) is 5.56 Å². The van der Waals surface area contributed by atoms with Crippen LogP contribution in [-0.4, -0.2) is 49.5 Å². The van der Waals surface area contributed by atoms with E-state index in [0.717, 1.165) is 24.1 Å². The first kappa shape index (κ1) is 19.9. The highest BCUT2D eigenvalue weighted by Crippen LogP contribution is 2.36. The Morgan fingerprint density at radius 1 is 1.30 bits per heavy atom. The normalized spacial score (nSPS) is 16.6. The monoisotopic (exact) mass is 394 g/mol. The van der Waals surface area contributed by atoms with Crippen LogP contribution >= 0.6 is 11.8 Å². The Morgan fingerprint density at radius 2 is 2.04 bits per heavy atom. The number of benzene rings is 1. The van der Waals surface area contributed by atoms with Gasteiger partial charge in [0.05, 0.1) is 37.4 Å². The molecule has 1 saturated heterocycles. The van der Waals surface area contributed by atoms with Gasteiger partial charge in [0.15, 0.2) is 16.7 Å². The number of amidine groups is 1. The summed E-state index contributed by atoms with van der Waals surface area (Å²) in [6.07, 6.45) is 2.13. The van der Waals surface area contributed by atoms with Gasteiger partial charge in [-0.3, -0.25) is 20.2 Å². The molecule has 12 heteroatoms. The van der Waals surface area contributed by atoms with Gasteiger partial charge >= 0.3 is 5.97 Å². The minimum absolute atomic E-state index is 0.0471. The molecule has 0 unspecified atom stereocenters. The zero-order valence-electron chi connectivity index (χ0n) is 14.4. The molecule has 0 aromatic heterocycles. The number of nitrogens with one attached hydrogen (secondary N) is 1. The summed E-state index contributed by atoms with van der Waals surface area (Å²) in [6.45, 7) is 0. The first-order valence-electron chi connectivity index (χ1n) is 7.20. The average molecular weight is 394 g/mol. The summed E-state index contributed by atoms with van der Waals surface area (Å²) in [4.78, 5) is 33.6. The van der Waals surface area contributed by atoms with E-state index in [9.17, 15) is 19.7 Å². The number of nitrogens with zero attached hydrogens (tertiary/aromatic N) is 3. The van der Waals surface area contributed by atoms with Gasteiger partial charge in [0.25, 0.3) is 11.6 Å². The molecule has 0 radical (unpaired) electrons. The van der Waals surface area contributed by atoms with Crippen LogP contribution in [0.3, 0.4) is 0 Å². The Morgan fingerprint density at radius 3 is 2.63 bits per heavy atom. The van der Waals surface area contributed by atoms with Gasteiger partial charge < -0.3 is 14.2 Å². The third kappa shape index (κ3) is 4.61. The molecule has 142 valence electrons. The predicted octanol–water partition coefficient (Wildman–Crippen LogP) is 1.22. The standard InChI is InChI=1S/C15H14N4O7S/c1-24-10-5-4-9(19(22)23)8(13(10)26-3)7-16-18-15-17-14(21)11(27-15)6-12(20)25-2/h4-7H,1-3H3,(H,17,18,21)/b11-6+,16-7?. The van der Waals surface area contributed by atoms with Gasteiger partial charge in [-0.25, -0.2) is 4.79 Å². The number of thioether (sulfide) groups is 1. The number of carbonyl (C=O) groups excluding carboxylic acids is 2. The molecule has 0 spiro atoms. The number of ether oxygens (including phenoxy) is 3. The molecule has 1 heterocycles. The fourth-order valence-corrected chi connectivity index (χ4v) is 2.74. The second kappa shape index (κ2) is 8.80. The first-order valence-corrected chi connectivity index (χ1v) is 8.02. The zero-order valence-corrected chi connectivity index (χ0v) is 15.2. The molecule has 0 saturated carbocycles. The molecule has 0 atom stereocenters. The van der Waals surface area contributed by atoms with E-state index >= 15 is 0 Å². The van der Waals surface area contributed by atoms with Gasteiger partial charge in [0, 0.05) is 12.1 Å². The number of amides is 1. The maximum atomic E-state index is 11.7. The van der Waals surface area contributed by atoms with Crippen LogP contribution in [0.15, 0.2) is 33.3 Å². The summed E-state index contributed by atoms with van der Waals surface area (Å²) in [5.74, 6) is -0.826. The Kier molecular flexibility index (Phi) is 6.49. The molecule has 1 aromatic rings. The topological polar surface area (TPSA) is 142 Å². The third-order valence-electron chi connectivity index (χ3n) is 3.19. The van der Waals surface area contributed by atoms with E-state index in [1.165, 1.54) is 33.5 Å². The van der Waals surface area contributed by atoms with Crippen molar-refractivity contribution < 1.29 is 28.7 Å². The molecule has 11 nitrogen and oxygen atoms in total. The lowest BCUT2D eigenvalue weighted by atomic mass is 10.1. The van der Waals surface area contributed by atoms with Crippen molar-refractivity contribution >= 4 is 40.7 Å². The summed E-state index contributed by atoms with van der Waals surface area (Å²) >= 11 is 0.872. The molecule has 1 N–H and O–H groups in total. The van der Waals surface area contributed by atoms with Crippen molar-refractivity contribution in [2.75, 3.05) is 21.3 Å². The summed E-state index contributed by atoms with van der Waals surface area (Å²) in [7, 11) is 3.91.